The molecule has 0 saturated heterocycles. The van der Waals surface area contributed by atoms with Gasteiger partial charge in [0.15, 0.2) is 5.69 Å². The highest BCUT2D eigenvalue weighted by Gasteiger charge is 2.14. The Hall–Kier alpha value is -2.15. The number of para-hydroxylation sites is 2. The SMILES string of the molecule is CC(CS(C)=O)NC(=O)c1ccn(-c2ccccc2N)n1. The average molecular weight is 306 g/mol. The van der Waals surface area contributed by atoms with Crippen molar-refractivity contribution in [3.05, 3.63) is 42.2 Å². The minimum absolute atomic E-state index is 0.171. The maximum Gasteiger partial charge on any atom is 0.272 e. The number of rotatable bonds is 5. The number of carbonyl (C=O) groups is 1. The van der Waals surface area contributed by atoms with Crippen molar-refractivity contribution in [1.82, 2.24) is 15.1 Å². The Morgan fingerprint density at radius 1 is 1.43 bits per heavy atom. The van der Waals surface area contributed by atoms with Gasteiger partial charge in [0.25, 0.3) is 5.91 Å². The highest BCUT2D eigenvalue weighted by molar-refractivity contribution is 7.84. The number of nitrogens with zero attached hydrogens (tertiary/aromatic N) is 2. The lowest BCUT2D eigenvalue weighted by Crippen LogP contribution is -2.36. The summed E-state index contributed by atoms with van der Waals surface area (Å²) in [6.45, 7) is 1.81. The number of nitrogens with one attached hydrogen (secondary N) is 1. The molecule has 0 aliphatic heterocycles. The van der Waals surface area contributed by atoms with Gasteiger partial charge in [-0.3, -0.25) is 9.00 Å². The van der Waals surface area contributed by atoms with Gasteiger partial charge in [0, 0.05) is 35.0 Å². The van der Waals surface area contributed by atoms with E-state index in [1.54, 1.807) is 29.3 Å². The number of carbonyl (C=O) groups excluding carboxylic acids is 1. The molecule has 0 fully saturated rings. The summed E-state index contributed by atoms with van der Waals surface area (Å²) in [5.74, 6) is 0.124. The number of anilines is 1. The van der Waals surface area contributed by atoms with E-state index in [0.29, 0.717) is 17.1 Å². The molecule has 0 saturated carbocycles. The second kappa shape index (κ2) is 6.53. The van der Waals surface area contributed by atoms with Crippen LogP contribution in [-0.2, 0) is 10.8 Å². The fourth-order valence-corrected chi connectivity index (χ4v) is 2.75. The number of nitrogens with two attached hydrogens (primary N) is 1. The van der Waals surface area contributed by atoms with Gasteiger partial charge in [-0.2, -0.15) is 5.10 Å². The van der Waals surface area contributed by atoms with Crippen LogP contribution in [0.5, 0.6) is 0 Å². The van der Waals surface area contributed by atoms with Gasteiger partial charge < -0.3 is 11.1 Å². The van der Waals surface area contributed by atoms with Crippen LogP contribution in [0.25, 0.3) is 5.69 Å². The molecule has 0 aliphatic rings. The van der Waals surface area contributed by atoms with Gasteiger partial charge in [-0.1, -0.05) is 12.1 Å². The second-order valence-corrected chi connectivity index (χ2v) is 6.30. The van der Waals surface area contributed by atoms with Crippen molar-refractivity contribution in [2.45, 2.75) is 13.0 Å². The van der Waals surface area contributed by atoms with Crippen LogP contribution in [0.15, 0.2) is 36.5 Å². The van der Waals surface area contributed by atoms with Gasteiger partial charge in [0.05, 0.1) is 11.4 Å². The molecule has 0 bridgehead atoms. The Labute approximate surface area is 125 Å². The number of aromatic nitrogens is 2. The van der Waals surface area contributed by atoms with Crippen molar-refractivity contribution >= 4 is 22.4 Å². The standard InChI is InChI=1S/C14H18N4O2S/c1-10(9-21(2)20)16-14(19)12-7-8-18(17-12)13-6-4-3-5-11(13)15/h3-8,10H,9,15H2,1-2H3,(H,16,19). The minimum Gasteiger partial charge on any atom is -0.397 e. The zero-order chi connectivity index (χ0) is 15.4. The predicted octanol–water partition coefficient (Wildman–Crippen LogP) is 0.951. The van der Waals surface area contributed by atoms with E-state index in [2.05, 4.69) is 10.4 Å². The van der Waals surface area contributed by atoms with E-state index in [1.165, 1.54) is 0 Å². The summed E-state index contributed by atoms with van der Waals surface area (Å²) in [7, 11) is -0.953. The van der Waals surface area contributed by atoms with Gasteiger partial charge in [-0.25, -0.2) is 4.68 Å². The third-order valence-electron chi connectivity index (χ3n) is 2.87. The number of nitrogen functional groups attached to an aromatic ring is 1. The van der Waals surface area contributed by atoms with Gasteiger partial charge >= 0.3 is 0 Å². The Morgan fingerprint density at radius 2 is 2.14 bits per heavy atom. The zero-order valence-electron chi connectivity index (χ0n) is 11.9. The first-order valence-corrected chi connectivity index (χ1v) is 8.21. The van der Waals surface area contributed by atoms with Crippen molar-refractivity contribution in [2.24, 2.45) is 0 Å². The van der Waals surface area contributed by atoms with Crippen LogP contribution in [0, 0.1) is 0 Å². The highest BCUT2D eigenvalue weighted by Crippen LogP contribution is 2.15. The summed E-state index contributed by atoms with van der Waals surface area (Å²) in [6, 6.07) is 8.74. The van der Waals surface area contributed by atoms with Crippen molar-refractivity contribution in [2.75, 3.05) is 17.7 Å². The molecule has 6 nitrogen and oxygen atoms in total. The number of hydrogen-bond acceptors (Lipinski definition) is 4. The quantitative estimate of drug-likeness (QED) is 0.805. The number of amides is 1. The summed E-state index contributed by atoms with van der Waals surface area (Å²) in [5.41, 5.74) is 7.48. The molecule has 1 aromatic heterocycles. The van der Waals surface area contributed by atoms with Crippen LogP contribution in [0.4, 0.5) is 5.69 Å². The fraction of sp³-hybridized carbons (Fsp3) is 0.286. The summed E-state index contributed by atoms with van der Waals surface area (Å²) < 4.78 is 12.7. The van der Waals surface area contributed by atoms with E-state index in [0.717, 1.165) is 5.69 Å². The summed E-state index contributed by atoms with van der Waals surface area (Å²) in [6.07, 6.45) is 3.29. The molecule has 2 aromatic rings. The molecule has 1 heterocycles. The van der Waals surface area contributed by atoms with Crippen LogP contribution >= 0.6 is 0 Å². The Morgan fingerprint density at radius 3 is 2.81 bits per heavy atom. The molecule has 1 amide bonds. The lowest BCUT2D eigenvalue weighted by atomic mass is 10.3. The number of benzene rings is 1. The predicted molar refractivity (Wildman–Crippen MR) is 83.8 cm³/mol. The fourth-order valence-electron chi connectivity index (χ4n) is 1.97. The third-order valence-corrected chi connectivity index (χ3v) is 3.84. The van der Waals surface area contributed by atoms with Gasteiger partial charge in [0.1, 0.15) is 0 Å². The van der Waals surface area contributed by atoms with Crippen LogP contribution in [0.2, 0.25) is 0 Å². The maximum atomic E-state index is 12.0. The molecule has 3 N–H and O–H groups in total. The molecular formula is C14H18N4O2S. The molecular weight excluding hydrogens is 288 g/mol. The molecule has 112 valence electrons. The van der Waals surface area contributed by atoms with E-state index < -0.39 is 10.8 Å². The Bertz CT molecular complexity index is 668. The largest absolute Gasteiger partial charge is 0.397 e. The summed E-state index contributed by atoms with van der Waals surface area (Å²) in [4.78, 5) is 12.0. The topological polar surface area (TPSA) is 90.0 Å². The van der Waals surface area contributed by atoms with Crippen LogP contribution in [0.3, 0.4) is 0 Å². The van der Waals surface area contributed by atoms with Crippen LogP contribution in [0.1, 0.15) is 17.4 Å². The molecule has 21 heavy (non-hydrogen) atoms. The van der Waals surface area contributed by atoms with Crippen molar-refractivity contribution in [3.63, 3.8) is 0 Å². The van der Waals surface area contributed by atoms with Crippen molar-refractivity contribution in [1.29, 1.82) is 0 Å². The highest BCUT2D eigenvalue weighted by atomic mass is 32.2. The second-order valence-electron chi connectivity index (χ2n) is 4.82. The first-order chi connectivity index (χ1) is 9.97. The van der Waals surface area contributed by atoms with Crippen LogP contribution < -0.4 is 11.1 Å². The zero-order valence-corrected chi connectivity index (χ0v) is 12.8. The monoisotopic (exact) mass is 306 g/mol. The van der Waals surface area contributed by atoms with E-state index >= 15 is 0 Å². The molecule has 1 aromatic carbocycles. The van der Waals surface area contributed by atoms with Crippen molar-refractivity contribution in [3.8, 4) is 5.69 Å². The summed E-state index contributed by atoms with van der Waals surface area (Å²) >= 11 is 0. The minimum atomic E-state index is -0.953. The molecule has 0 aliphatic carbocycles. The van der Waals surface area contributed by atoms with Crippen LogP contribution in [-0.4, -0.2) is 37.9 Å². The average Bonchev–Trinajstić information content (AvgIpc) is 2.87. The first-order valence-electron chi connectivity index (χ1n) is 6.49. The molecule has 2 rings (SSSR count). The van der Waals surface area contributed by atoms with E-state index in [9.17, 15) is 9.00 Å². The Kier molecular flexibility index (Phi) is 4.74. The summed E-state index contributed by atoms with van der Waals surface area (Å²) in [5, 5.41) is 6.99. The molecule has 2 atom stereocenters. The maximum absolute atomic E-state index is 12.0. The molecule has 7 heteroatoms. The number of hydrogen-bond donors (Lipinski definition) is 2. The lowest BCUT2D eigenvalue weighted by molar-refractivity contribution is 0.0938. The molecule has 0 spiro atoms. The van der Waals surface area contributed by atoms with E-state index in [1.807, 2.05) is 25.1 Å². The Balaban J connectivity index is 2.11. The van der Waals surface area contributed by atoms with Crippen molar-refractivity contribution < 1.29 is 9.00 Å². The lowest BCUT2D eigenvalue weighted by Gasteiger charge is -2.11. The third kappa shape index (κ3) is 3.91. The normalized spacial score (nSPS) is 13.6. The molecule has 2 unspecified atom stereocenters. The first kappa shape index (κ1) is 15.2. The van der Waals surface area contributed by atoms with Gasteiger partial charge in [0.2, 0.25) is 0 Å². The van der Waals surface area contributed by atoms with E-state index in [4.69, 9.17) is 5.73 Å². The smallest absolute Gasteiger partial charge is 0.272 e. The van der Waals surface area contributed by atoms with E-state index in [-0.39, 0.29) is 11.9 Å². The van der Waals surface area contributed by atoms with Gasteiger partial charge in [-0.15, -0.1) is 0 Å². The van der Waals surface area contributed by atoms with Gasteiger partial charge in [-0.05, 0) is 25.1 Å². The molecule has 0 radical (unpaired) electrons.